The SMILES string of the molecule is COc1ccc(OC(C)C(=O)NCC23CC4CC(CC(C4)C2)C3)cc1. The van der Waals surface area contributed by atoms with E-state index in [1.54, 1.807) is 7.11 Å². The van der Waals surface area contributed by atoms with E-state index < -0.39 is 6.10 Å². The number of hydrogen-bond donors (Lipinski definition) is 1. The van der Waals surface area contributed by atoms with Gasteiger partial charge >= 0.3 is 0 Å². The van der Waals surface area contributed by atoms with E-state index in [0.29, 0.717) is 11.2 Å². The van der Waals surface area contributed by atoms with Crippen molar-refractivity contribution in [1.82, 2.24) is 5.32 Å². The van der Waals surface area contributed by atoms with Crippen LogP contribution in [0.3, 0.4) is 0 Å². The maximum atomic E-state index is 12.5. The molecule has 0 aromatic heterocycles. The van der Waals surface area contributed by atoms with Crippen molar-refractivity contribution in [3.05, 3.63) is 24.3 Å². The highest BCUT2D eigenvalue weighted by atomic mass is 16.5. The Labute approximate surface area is 150 Å². The van der Waals surface area contributed by atoms with Crippen LogP contribution in [0.4, 0.5) is 0 Å². The molecule has 1 unspecified atom stereocenters. The van der Waals surface area contributed by atoms with Gasteiger partial charge in [0.1, 0.15) is 11.5 Å². The van der Waals surface area contributed by atoms with Crippen LogP contribution in [0.2, 0.25) is 0 Å². The van der Waals surface area contributed by atoms with E-state index in [2.05, 4.69) is 5.32 Å². The Morgan fingerprint density at radius 3 is 2.12 bits per heavy atom. The molecule has 4 saturated carbocycles. The summed E-state index contributed by atoms with van der Waals surface area (Å²) in [7, 11) is 1.64. The van der Waals surface area contributed by atoms with Gasteiger partial charge in [0.25, 0.3) is 5.91 Å². The van der Waals surface area contributed by atoms with Crippen molar-refractivity contribution < 1.29 is 14.3 Å². The van der Waals surface area contributed by atoms with Gasteiger partial charge in [-0.3, -0.25) is 4.79 Å². The zero-order chi connectivity index (χ0) is 17.4. The van der Waals surface area contributed by atoms with Crippen LogP contribution in [-0.4, -0.2) is 25.7 Å². The molecule has 1 amide bonds. The number of methoxy groups -OCH3 is 1. The third kappa shape index (κ3) is 3.49. The van der Waals surface area contributed by atoms with Crippen molar-refractivity contribution in [1.29, 1.82) is 0 Å². The summed E-state index contributed by atoms with van der Waals surface area (Å²) in [4.78, 5) is 12.5. The lowest BCUT2D eigenvalue weighted by atomic mass is 9.49. The van der Waals surface area contributed by atoms with E-state index in [0.717, 1.165) is 30.0 Å². The molecule has 25 heavy (non-hydrogen) atoms. The minimum Gasteiger partial charge on any atom is -0.497 e. The Morgan fingerprint density at radius 2 is 1.60 bits per heavy atom. The first kappa shape index (κ1) is 16.7. The smallest absolute Gasteiger partial charge is 0.260 e. The molecule has 0 saturated heterocycles. The molecule has 1 aromatic rings. The van der Waals surface area contributed by atoms with Crippen LogP contribution >= 0.6 is 0 Å². The molecule has 4 fully saturated rings. The Morgan fingerprint density at radius 1 is 1.08 bits per heavy atom. The van der Waals surface area contributed by atoms with Gasteiger partial charge in [-0.25, -0.2) is 0 Å². The third-order valence-corrected chi connectivity index (χ3v) is 6.54. The normalized spacial score (nSPS) is 33.8. The molecule has 0 spiro atoms. The van der Waals surface area contributed by atoms with Crippen molar-refractivity contribution in [2.45, 2.75) is 51.6 Å². The Kier molecular flexibility index (Phi) is 4.38. The largest absolute Gasteiger partial charge is 0.497 e. The molecule has 4 nitrogen and oxygen atoms in total. The van der Waals surface area contributed by atoms with Crippen LogP contribution in [0.15, 0.2) is 24.3 Å². The molecule has 4 aliphatic carbocycles. The van der Waals surface area contributed by atoms with Gasteiger partial charge in [0.2, 0.25) is 0 Å². The predicted octanol–water partition coefficient (Wildman–Crippen LogP) is 3.80. The summed E-state index contributed by atoms with van der Waals surface area (Å²) in [6.45, 7) is 2.64. The van der Waals surface area contributed by atoms with Crippen molar-refractivity contribution >= 4 is 5.91 Å². The van der Waals surface area contributed by atoms with Gasteiger partial charge in [-0.05, 0) is 92.9 Å². The average molecular weight is 343 g/mol. The van der Waals surface area contributed by atoms with Gasteiger partial charge in [-0.15, -0.1) is 0 Å². The maximum Gasteiger partial charge on any atom is 0.260 e. The highest BCUT2D eigenvalue weighted by Crippen LogP contribution is 2.59. The fourth-order valence-electron chi connectivity index (χ4n) is 5.84. The number of hydrogen-bond acceptors (Lipinski definition) is 3. The Hall–Kier alpha value is -1.71. The lowest BCUT2D eigenvalue weighted by Gasteiger charge is -2.56. The number of nitrogens with one attached hydrogen (secondary N) is 1. The zero-order valence-corrected chi connectivity index (χ0v) is 15.3. The second-order valence-corrected chi connectivity index (χ2v) is 8.57. The van der Waals surface area contributed by atoms with Crippen LogP contribution in [0.5, 0.6) is 11.5 Å². The van der Waals surface area contributed by atoms with Crippen LogP contribution in [0, 0.1) is 23.2 Å². The van der Waals surface area contributed by atoms with Gasteiger partial charge in [0.05, 0.1) is 7.11 Å². The Balaban J connectivity index is 1.31. The number of benzene rings is 1. The third-order valence-electron chi connectivity index (χ3n) is 6.54. The van der Waals surface area contributed by atoms with E-state index in [1.807, 2.05) is 31.2 Å². The summed E-state index contributed by atoms with van der Waals surface area (Å²) in [5.41, 5.74) is 0.365. The minimum atomic E-state index is -0.484. The summed E-state index contributed by atoms with van der Waals surface area (Å²) in [6, 6.07) is 7.36. The molecule has 4 aliphatic rings. The molecule has 1 N–H and O–H groups in total. The molecule has 1 atom stereocenters. The van der Waals surface area contributed by atoms with Gasteiger partial charge in [-0.1, -0.05) is 0 Å². The van der Waals surface area contributed by atoms with Crippen LogP contribution in [0.25, 0.3) is 0 Å². The van der Waals surface area contributed by atoms with Crippen LogP contribution < -0.4 is 14.8 Å². The van der Waals surface area contributed by atoms with Crippen molar-refractivity contribution in [3.8, 4) is 11.5 Å². The Bertz CT molecular complexity index is 589. The first-order valence-electron chi connectivity index (χ1n) is 9.64. The fraction of sp³-hybridized carbons (Fsp3) is 0.667. The fourth-order valence-corrected chi connectivity index (χ4v) is 5.84. The lowest BCUT2D eigenvalue weighted by molar-refractivity contribution is -0.129. The summed E-state index contributed by atoms with van der Waals surface area (Å²) in [5, 5.41) is 3.19. The van der Waals surface area contributed by atoms with E-state index in [1.165, 1.54) is 38.5 Å². The molecular weight excluding hydrogens is 314 g/mol. The highest BCUT2D eigenvalue weighted by Gasteiger charge is 2.50. The summed E-state index contributed by atoms with van der Waals surface area (Å²) in [6.07, 6.45) is 7.76. The summed E-state index contributed by atoms with van der Waals surface area (Å²) >= 11 is 0. The number of carbonyl (C=O) groups is 1. The zero-order valence-electron chi connectivity index (χ0n) is 15.3. The van der Waals surface area contributed by atoms with Crippen molar-refractivity contribution in [2.75, 3.05) is 13.7 Å². The molecule has 0 aliphatic heterocycles. The predicted molar refractivity (Wildman–Crippen MR) is 96.7 cm³/mol. The average Bonchev–Trinajstić information content (AvgIpc) is 2.59. The van der Waals surface area contributed by atoms with Crippen molar-refractivity contribution in [2.24, 2.45) is 23.2 Å². The van der Waals surface area contributed by atoms with Gasteiger partial charge in [0.15, 0.2) is 6.10 Å². The van der Waals surface area contributed by atoms with E-state index in [-0.39, 0.29) is 5.91 Å². The molecular formula is C21H29NO3. The number of amides is 1. The molecule has 4 bridgehead atoms. The first-order chi connectivity index (χ1) is 12.0. The highest BCUT2D eigenvalue weighted by molar-refractivity contribution is 5.80. The molecule has 136 valence electrons. The van der Waals surface area contributed by atoms with Crippen LogP contribution in [0.1, 0.15) is 45.4 Å². The monoisotopic (exact) mass is 343 g/mol. The molecule has 0 radical (unpaired) electrons. The van der Waals surface area contributed by atoms with Crippen LogP contribution in [-0.2, 0) is 4.79 Å². The van der Waals surface area contributed by atoms with E-state index >= 15 is 0 Å². The molecule has 0 heterocycles. The number of carbonyl (C=O) groups excluding carboxylic acids is 1. The maximum absolute atomic E-state index is 12.5. The van der Waals surface area contributed by atoms with Gasteiger partial charge in [0, 0.05) is 6.54 Å². The van der Waals surface area contributed by atoms with E-state index in [9.17, 15) is 4.79 Å². The van der Waals surface area contributed by atoms with E-state index in [4.69, 9.17) is 9.47 Å². The number of rotatable bonds is 6. The second-order valence-electron chi connectivity index (χ2n) is 8.57. The quantitative estimate of drug-likeness (QED) is 0.855. The second kappa shape index (κ2) is 6.54. The molecule has 5 rings (SSSR count). The number of ether oxygens (including phenoxy) is 2. The standard InChI is InChI=1S/C21H29NO3/c1-14(25-19-5-3-18(24-2)4-6-19)20(23)22-13-21-10-15-7-16(11-21)9-17(8-15)12-21/h3-6,14-17H,7-13H2,1-2H3,(H,22,23). The van der Waals surface area contributed by atoms with Gasteiger partial charge in [-0.2, -0.15) is 0 Å². The topological polar surface area (TPSA) is 47.6 Å². The molecule has 4 heteroatoms. The first-order valence-corrected chi connectivity index (χ1v) is 9.64. The lowest BCUT2D eigenvalue weighted by Crippen LogP contribution is -2.52. The van der Waals surface area contributed by atoms with Crippen molar-refractivity contribution in [3.63, 3.8) is 0 Å². The van der Waals surface area contributed by atoms with Gasteiger partial charge < -0.3 is 14.8 Å². The summed E-state index contributed by atoms with van der Waals surface area (Å²) in [5.74, 6) is 4.21. The summed E-state index contributed by atoms with van der Waals surface area (Å²) < 4.78 is 10.9. The molecule has 1 aromatic carbocycles. The minimum absolute atomic E-state index is 0.00781.